The zero-order valence-electron chi connectivity index (χ0n) is 17.8. The highest BCUT2D eigenvalue weighted by atomic mass is 15.3. The van der Waals surface area contributed by atoms with Crippen LogP contribution in [0.25, 0.3) is 0 Å². The fraction of sp³-hybridized carbons (Fsp3) is 0.591. The van der Waals surface area contributed by atoms with Gasteiger partial charge >= 0.3 is 0 Å². The van der Waals surface area contributed by atoms with E-state index in [1.54, 1.807) is 12.7 Å². The van der Waals surface area contributed by atoms with Crippen molar-refractivity contribution in [3.05, 3.63) is 48.0 Å². The summed E-state index contributed by atoms with van der Waals surface area (Å²) in [6.45, 7) is 11.3. The number of benzene rings is 1. The lowest BCUT2D eigenvalue weighted by Gasteiger charge is -2.30. The van der Waals surface area contributed by atoms with Gasteiger partial charge in [0.2, 0.25) is 0 Å². The molecule has 1 saturated heterocycles. The molecular weight excluding hydrogens is 362 g/mol. The molecule has 1 aromatic heterocycles. The maximum Gasteiger partial charge on any atom is 0.191 e. The van der Waals surface area contributed by atoms with Crippen LogP contribution in [0.5, 0.6) is 0 Å². The van der Waals surface area contributed by atoms with Crippen LogP contribution in [0.2, 0.25) is 0 Å². The van der Waals surface area contributed by atoms with E-state index in [-0.39, 0.29) is 0 Å². The van der Waals surface area contributed by atoms with Crippen molar-refractivity contribution in [1.29, 1.82) is 0 Å². The van der Waals surface area contributed by atoms with Gasteiger partial charge < -0.3 is 15.5 Å². The highest BCUT2D eigenvalue weighted by Crippen LogP contribution is 2.15. The minimum atomic E-state index is 0.657. The lowest BCUT2D eigenvalue weighted by molar-refractivity contribution is 0.191. The molecule has 2 N–H and O–H groups in total. The van der Waals surface area contributed by atoms with E-state index in [1.807, 2.05) is 4.68 Å². The minimum Gasteiger partial charge on any atom is -0.357 e. The van der Waals surface area contributed by atoms with Crippen LogP contribution in [0.15, 0.2) is 41.9 Å². The third-order valence-corrected chi connectivity index (χ3v) is 5.39. The zero-order valence-corrected chi connectivity index (χ0v) is 17.8. The molecule has 0 aliphatic carbocycles. The summed E-state index contributed by atoms with van der Waals surface area (Å²) in [7, 11) is 0. The van der Waals surface area contributed by atoms with Crippen molar-refractivity contribution in [1.82, 2.24) is 30.3 Å². The predicted octanol–water partition coefficient (Wildman–Crippen LogP) is 2.50. The standard InChI is InChI=1S/C22H35N7/c1-3-24-22(25-10-5-11-28-12-8-19(2)9-13-28)26-15-20-6-4-7-21(14-20)16-29-18-23-17-27-29/h4,6-7,14,17-19H,3,5,8-13,15-16H2,1-2H3,(H2,24,25,26). The molecule has 2 aromatic rings. The third-order valence-electron chi connectivity index (χ3n) is 5.39. The van der Waals surface area contributed by atoms with Gasteiger partial charge in [-0.2, -0.15) is 5.10 Å². The molecule has 0 radical (unpaired) electrons. The van der Waals surface area contributed by atoms with Gasteiger partial charge in [0, 0.05) is 13.1 Å². The van der Waals surface area contributed by atoms with E-state index in [1.165, 1.54) is 43.6 Å². The number of guanidine groups is 1. The Morgan fingerprint density at radius 2 is 2.03 bits per heavy atom. The lowest BCUT2D eigenvalue weighted by Crippen LogP contribution is -2.39. The van der Waals surface area contributed by atoms with E-state index in [2.05, 4.69) is 63.7 Å². The van der Waals surface area contributed by atoms with Gasteiger partial charge in [0.05, 0.1) is 13.1 Å². The molecule has 1 aromatic carbocycles. The van der Waals surface area contributed by atoms with Crippen molar-refractivity contribution >= 4 is 5.96 Å². The van der Waals surface area contributed by atoms with Gasteiger partial charge in [-0.25, -0.2) is 14.7 Å². The Morgan fingerprint density at radius 1 is 1.21 bits per heavy atom. The van der Waals surface area contributed by atoms with Crippen LogP contribution in [-0.2, 0) is 13.1 Å². The molecule has 1 aliphatic rings. The Labute approximate surface area is 174 Å². The molecule has 1 aliphatic heterocycles. The maximum absolute atomic E-state index is 4.76. The molecule has 2 heterocycles. The van der Waals surface area contributed by atoms with Crippen LogP contribution in [0.1, 0.15) is 44.2 Å². The highest BCUT2D eigenvalue weighted by molar-refractivity contribution is 5.79. The summed E-state index contributed by atoms with van der Waals surface area (Å²) in [5, 5.41) is 11.0. The van der Waals surface area contributed by atoms with Crippen LogP contribution in [0.4, 0.5) is 0 Å². The topological polar surface area (TPSA) is 70.4 Å². The van der Waals surface area contributed by atoms with E-state index < -0.39 is 0 Å². The molecule has 7 nitrogen and oxygen atoms in total. The maximum atomic E-state index is 4.76. The summed E-state index contributed by atoms with van der Waals surface area (Å²) in [5.74, 6) is 1.79. The molecule has 29 heavy (non-hydrogen) atoms. The van der Waals surface area contributed by atoms with Gasteiger partial charge in [-0.15, -0.1) is 0 Å². The molecule has 0 saturated carbocycles. The summed E-state index contributed by atoms with van der Waals surface area (Å²) in [5.41, 5.74) is 2.40. The van der Waals surface area contributed by atoms with E-state index >= 15 is 0 Å². The summed E-state index contributed by atoms with van der Waals surface area (Å²) in [4.78, 5) is 11.4. The van der Waals surface area contributed by atoms with Crippen molar-refractivity contribution in [2.75, 3.05) is 32.7 Å². The molecule has 7 heteroatoms. The molecule has 0 atom stereocenters. The fourth-order valence-corrected chi connectivity index (χ4v) is 3.64. The molecular formula is C22H35N7. The predicted molar refractivity (Wildman–Crippen MR) is 118 cm³/mol. The van der Waals surface area contributed by atoms with Crippen molar-refractivity contribution in [3.8, 4) is 0 Å². The second-order valence-electron chi connectivity index (χ2n) is 7.91. The second-order valence-corrected chi connectivity index (χ2v) is 7.91. The van der Waals surface area contributed by atoms with E-state index in [0.29, 0.717) is 6.54 Å². The fourth-order valence-electron chi connectivity index (χ4n) is 3.64. The number of likely N-dealkylation sites (tertiary alicyclic amines) is 1. The van der Waals surface area contributed by atoms with Crippen LogP contribution in [0.3, 0.4) is 0 Å². The van der Waals surface area contributed by atoms with Crippen LogP contribution >= 0.6 is 0 Å². The number of piperidine rings is 1. The molecule has 1 fully saturated rings. The van der Waals surface area contributed by atoms with Gasteiger partial charge in [-0.05, 0) is 62.9 Å². The quantitative estimate of drug-likeness (QED) is 0.386. The smallest absolute Gasteiger partial charge is 0.191 e. The molecule has 158 valence electrons. The van der Waals surface area contributed by atoms with Gasteiger partial charge in [0.15, 0.2) is 5.96 Å². The zero-order chi connectivity index (χ0) is 20.3. The number of rotatable bonds is 9. The van der Waals surface area contributed by atoms with Crippen LogP contribution in [-0.4, -0.2) is 58.3 Å². The van der Waals surface area contributed by atoms with Crippen molar-refractivity contribution in [3.63, 3.8) is 0 Å². The third kappa shape index (κ3) is 7.49. The van der Waals surface area contributed by atoms with Crippen molar-refractivity contribution < 1.29 is 0 Å². The highest BCUT2D eigenvalue weighted by Gasteiger charge is 2.14. The largest absolute Gasteiger partial charge is 0.357 e. The van der Waals surface area contributed by atoms with E-state index in [0.717, 1.165) is 37.9 Å². The molecule has 0 spiro atoms. The van der Waals surface area contributed by atoms with Crippen LogP contribution < -0.4 is 10.6 Å². The molecule has 3 rings (SSSR count). The first-order valence-electron chi connectivity index (χ1n) is 10.9. The van der Waals surface area contributed by atoms with Gasteiger partial charge in [0.25, 0.3) is 0 Å². The number of nitrogens with one attached hydrogen (secondary N) is 2. The number of hydrogen-bond donors (Lipinski definition) is 2. The summed E-state index contributed by atoms with van der Waals surface area (Å²) < 4.78 is 1.83. The van der Waals surface area contributed by atoms with E-state index in [9.17, 15) is 0 Å². The van der Waals surface area contributed by atoms with E-state index in [4.69, 9.17) is 4.99 Å². The Balaban J connectivity index is 1.44. The second kappa shape index (κ2) is 11.6. The first-order chi connectivity index (χ1) is 14.2. The number of aromatic nitrogens is 3. The Hall–Kier alpha value is -2.41. The van der Waals surface area contributed by atoms with Crippen molar-refractivity contribution in [2.45, 2.75) is 46.2 Å². The molecule has 0 unspecified atom stereocenters. The van der Waals surface area contributed by atoms with Crippen molar-refractivity contribution in [2.24, 2.45) is 10.9 Å². The Morgan fingerprint density at radius 3 is 2.79 bits per heavy atom. The van der Waals surface area contributed by atoms with Gasteiger partial charge in [-0.1, -0.05) is 31.2 Å². The monoisotopic (exact) mass is 397 g/mol. The van der Waals surface area contributed by atoms with Gasteiger partial charge in [0.1, 0.15) is 12.7 Å². The Kier molecular flexibility index (Phi) is 8.49. The first kappa shape index (κ1) is 21.3. The number of hydrogen-bond acceptors (Lipinski definition) is 4. The average molecular weight is 398 g/mol. The normalized spacial score (nSPS) is 16.1. The van der Waals surface area contributed by atoms with Crippen LogP contribution in [0, 0.1) is 5.92 Å². The minimum absolute atomic E-state index is 0.657. The van der Waals surface area contributed by atoms with Gasteiger partial charge in [-0.3, -0.25) is 0 Å². The molecule has 0 bridgehead atoms. The summed E-state index contributed by atoms with van der Waals surface area (Å²) in [6, 6.07) is 8.50. The Bertz CT molecular complexity index is 733. The average Bonchev–Trinajstić information content (AvgIpc) is 3.24. The summed E-state index contributed by atoms with van der Waals surface area (Å²) >= 11 is 0. The molecule has 0 amide bonds. The first-order valence-corrected chi connectivity index (χ1v) is 10.9. The SMILES string of the molecule is CCNC(=NCc1cccc(Cn2cncn2)c1)NCCCN1CCC(C)CC1. The number of aliphatic imine (C=N–C) groups is 1. The summed E-state index contributed by atoms with van der Waals surface area (Å²) in [6.07, 6.45) is 7.13. The number of nitrogens with zero attached hydrogens (tertiary/aromatic N) is 5. The lowest BCUT2D eigenvalue weighted by atomic mass is 9.99.